The minimum Gasteiger partial charge on any atom is -0.494 e. The van der Waals surface area contributed by atoms with Gasteiger partial charge in [-0.1, -0.05) is 38.1 Å². The highest BCUT2D eigenvalue weighted by Crippen LogP contribution is 2.34. The van der Waals surface area contributed by atoms with Crippen LogP contribution in [0.25, 0.3) is 22.3 Å². The Morgan fingerprint density at radius 1 is 1.03 bits per heavy atom. The van der Waals surface area contributed by atoms with Crippen molar-refractivity contribution >= 4 is 23.1 Å². The molecule has 0 aliphatic rings. The summed E-state index contributed by atoms with van der Waals surface area (Å²) in [6.45, 7) is 10.5. The van der Waals surface area contributed by atoms with Crippen LogP contribution in [0.5, 0.6) is 11.5 Å². The number of carbonyl (C=O) groups excluding carboxylic acids is 1. The summed E-state index contributed by atoms with van der Waals surface area (Å²) in [5, 5.41) is 5.05. The van der Waals surface area contributed by atoms with Crippen LogP contribution >= 0.6 is 0 Å². The van der Waals surface area contributed by atoms with E-state index in [0.29, 0.717) is 34.6 Å². The Hall–Kier alpha value is -4.46. The fraction of sp³-hybridized carbons (Fsp3) is 0.290. The molecule has 1 heterocycles. The predicted octanol–water partition coefficient (Wildman–Crippen LogP) is 5.72. The van der Waals surface area contributed by atoms with E-state index in [-0.39, 0.29) is 24.7 Å². The molecule has 8 nitrogen and oxygen atoms in total. The van der Waals surface area contributed by atoms with Gasteiger partial charge in [0.15, 0.2) is 12.4 Å². The van der Waals surface area contributed by atoms with Crippen molar-refractivity contribution in [2.24, 2.45) is 5.10 Å². The number of benzene rings is 3. The molecule has 0 radical (unpaired) electrons. The molecule has 0 aliphatic carbocycles. The molecule has 8 heteroatoms. The van der Waals surface area contributed by atoms with Crippen LogP contribution in [0.4, 0.5) is 0 Å². The molecule has 4 rings (SSSR count). The van der Waals surface area contributed by atoms with E-state index in [1.54, 1.807) is 37.4 Å². The molecule has 3 aromatic carbocycles. The SMILES string of the molecule is CCOC(=O)COc1cccc(C=Nn2c(-c3cc(C(C)C)c(OCC)cc3C)nc3ccccc3c2=O)c1. The lowest BCUT2D eigenvalue weighted by molar-refractivity contribution is -0.145. The van der Waals surface area contributed by atoms with Crippen molar-refractivity contribution in [2.75, 3.05) is 19.8 Å². The van der Waals surface area contributed by atoms with Crippen molar-refractivity contribution in [3.8, 4) is 22.9 Å². The van der Waals surface area contributed by atoms with E-state index in [1.807, 2.05) is 50.2 Å². The Balaban J connectivity index is 1.81. The van der Waals surface area contributed by atoms with E-state index in [1.165, 1.54) is 4.68 Å². The maximum absolute atomic E-state index is 13.7. The van der Waals surface area contributed by atoms with Crippen molar-refractivity contribution in [3.63, 3.8) is 0 Å². The van der Waals surface area contributed by atoms with E-state index in [2.05, 4.69) is 18.9 Å². The number of fused-ring (bicyclic) bond motifs is 1. The summed E-state index contributed by atoms with van der Waals surface area (Å²) in [4.78, 5) is 30.2. The summed E-state index contributed by atoms with van der Waals surface area (Å²) in [5.41, 5.74) is 3.76. The molecule has 0 atom stereocenters. The maximum Gasteiger partial charge on any atom is 0.344 e. The van der Waals surface area contributed by atoms with Gasteiger partial charge < -0.3 is 14.2 Å². The van der Waals surface area contributed by atoms with Gasteiger partial charge >= 0.3 is 5.97 Å². The summed E-state index contributed by atoms with van der Waals surface area (Å²) in [5.74, 6) is 1.51. The van der Waals surface area contributed by atoms with Crippen LogP contribution in [-0.4, -0.2) is 41.7 Å². The first-order valence-electron chi connectivity index (χ1n) is 13.0. The number of hydrogen-bond donors (Lipinski definition) is 0. The first kappa shape index (κ1) is 27.6. The Morgan fingerprint density at radius 2 is 1.82 bits per heavy atom. The Labute approximate surface area is 227 Å². The van der Waals surface area contributed by atoms with Gasteiger partial charge in [0, 0.05) is 5.56 Å². The predicted molar refractivity (Wildman–Crippen MR) is 153 cm³/mol. The average molecular weight is 528 g/mol. The molecule has 0 N–H and O–H groups in total. The average Bonchev–Trinajstić information content (AvgIpc) is 2.92. The number of carbonyl (C=O) groups is 1. The number of esters is 1. The number of ether oxygens (including phenoxy) is 3. The summed E-state index contributed by atoms with van der Waals surface area (Å²) >= 11 is 0. The third kappa shape index (κ3) is 6.34. The fourth-order valence-electron chi connectivity index (χ4n) is 4.23. The highest BCUT2D eigenvalue weighted by molar-refractivity contribution is 5.83. The third-order valence-electron chi connectivity index (χ3n) is 6.12. The smallest absolute Gasteiger partial charge is 0.344 e. The van der Waals surface area contributed by atoms with Crippen LogP contribution in [0.15, 0.2) is 70.6 Å². The highest BCUT2D eigenvalue weighted by atomic mass is 16.6. The topological polar surface area (TPSA) is 92.0 Å². The Morgan fingerprint density at radius 3 is 2.56 bits per heavy atom. The van der Waals surface area contributed by atoms with E-state index in [0.717, 1.165) is 22.4 Å². The van der Waals surface area contributed by atoms with Gasteiger partial charge in [0.1, 0.15) is 11.5 Å². The summed E-state index contributed by atoms with van der Waals surface area (Å²) in [6.07, 6.45) is 1.58. The van der Waals surface area contributed by atoms with Crippen molar-refractivity contribution in [2.45, 2.75) is 40.5 Å². The summed E-state index contributed by atoms with van der Waals surface area (Å²) in [7, 11) is 0. The number of hydrogen-bond acceptors (Lipinski definition) is 7. The molecular formula is C31H33N3O5. The molecule has 202 valence electrons. The van der Waals surface area contributed by atoms with Gasteiger partial charge in [0.2, 0.25) is 0 Å². The van der Waals surface area contributed by atoms with Gasteiger partial charge in [-0.2, -0.15) is 9.78 Å². The minimum atomic E-state index is -0.443. The van der Waals surface area contributed by atoms with Crippen molar-refractivity contribution in [1.29, 1.82) is 0 Å². The Bertz CT molecular complexity index is 1570. The van der Waals surface area contributed by atoms with Gasteiger partial charge in [-0.05, 0) is 79.8 Å². The molecule has 4 aromatic rings. The normalized spacial score (nSPS) is 11.3. The third-order valence-corrected chi connectivity index (χ3v) is 6.12. The molecule has 0 bridgehead atoms. The molecule has 0 spiro atoms. The first-order valence-corrected chi connectivity index (χ1v) is 13.0. The zero-order valence-electron chi connectivity index (χ0n) is 22.9. The fourth-order valence-corrected chi connectivity index (χ4v) is 4.23. The standard InChI is InChI=1S/C31H33N3O5/c1-6-37-28-15-21(5)26(17-25(28)20(3)4)30-33-27-14-9-8-13-24(27)31(36)34(30)32-18-22-11-10-12-23(16-22)39-19-29(35)38-7-2/h8-18,20H,6-7,19H2,1-5H3. The zero-order valence-corrected chi connectivity index (χ0v) is 22.9. The molecule has 0 aliphatic heterocycles. The maximum atomic E-state index is 13.7. The highest BCUT2D eigenvalue weighted by Gasteiger charge is 2.18. The number of rotatable bonds is 10. The lowest BCUT2D eigenvalue weighted by Crippen LogP contribution is -2.21. The Kier molecular flexibility index (Phi) is 8.76. The monoisotopic (exact) mass is 527 g/mol. The van der Waals surface area contributed by atoms with Gasteiger partial charge in [0.25, 0.3) is 5.56 Å². The van der Waals surface area contributed by atoms with E-state index >= 15 is 0 Å². The first-order chi connectivity index (χ1) is 18.8. The molecule has 0 fully saturated rings. The van der Waals surface area contributed by atoms with Gasteiger partial charge in [-0.25, -0.2) is 9.78 Å². The van der Waals surface area contributed by atoms with Crippen LogP contribution in [0.2, 0.25) is 0 Å². The molecule has 39 heavy (non-hydrogen) atoms. The summed E-state index contributed by atoms with van der Waals surface area (Å²) < 4.78 is 17.7. The number of aryl methyl sites for hydroxylation is 1. The van der Waals surface area contributed by atoms with Crippen molar-refractivity contribution in [3.05, 3.63) is 87.7 Å². The molecule has 0 amide bonds. The summed E-state index contributed by atoms with van der Waals surface area (Å²) in [6, 6.07) is 18.4. The van der Waals surface area contributed by atoms with E-state index < -0.39 is 5.97 Å². The van der Waals surface area contributed by atoms with Crippen LogP contribution in [0.3, 0.4) is 0 Å². The number of para-hydroxylation sites is 1. The minimum absolute atomic E-state index is 0.193. The van der Waals surface area contributed by atoms with Crippen LogP contribution in [0.1, 0.15) is 50.3 Å². The van der Waals surface area contributed by atoms with Gasteiger partial charge in [-0.15, -0.1) is 0 Å². The molecular weight excluding hydrogens is 494 g/mol. The second kappa shape index (κ2) is 12.4. The second-order valence-electron chi connectivity index (χ2n) is 9.27. The lowest BCUT2D eigenvalue weighted by Gasteiger charge is -2.18. The molecule has 0 unspecified atom stereocenters. The second-order valence-corrected chi connectivity index (χ2v) is 9.27. The molecule has 0 saturated carbocycles. The lowest BCUT2D eigenvalue weighted by atomic mass is 9.96. The van der Waals surface area contributed by atoms with Gasteiger partial charge in [0.05, 0.1) is 30.3 Å². The number of aromatic nitrogens is 2. The number of nitrogens with zero attached hydrogens (tertiary/aromatic N) is 3. The van der Waals surface area contributed by atoms with Crippen LogP contribution < -0.4 is 15.0 Å². The van der Waals surface area contributed by atoms with Gasteiger partial charge in [-0.3, -0.25) is 4.79 Å². The molecule has 0 saturated heterocycles. The quantitative estimate of drug-likeness (QED) is 0.194. The zero-order chi connectivity index (χ0) is 27.9. The largest absolute Gasteiger partial charge is 0.494 e. The van der Waals surface area contributed by atoms with Crippen LogP contribution in [-0.2, 0) is 9.53 Å². The van der Waals surface area contributed by atoms with Crippen LogP contribution in [0, 0.1) is 6.92 Å². The van der Waals surface area contributed by atoms with E-state index in [4.69, 9.17) is 19.2 Å². The van der Waals surface area contributed by atoms with Crippen molar-refractivity contribution < 1.29 is 19.0 Å². The molecule has 1 aromatic heterocycles. The van der Waals surface area contributed by atoms with E-state index in [9.17, 15) is 9.59 Å². The van der Waals surface area contributed by atoms with Crippen molar-refractivity contribution in [1.82, 2.24) is 9.66 Å².